The van der Waals surface area contributed by atoms with E-state index in [-0.39, 0.29) is 11.5 Å². The van der Waals surface area contributed by atoms with Crippen molar-refractivity contribution in [2.24, 2.45) is 57.4 Å². The highest BCUT2D eigenvalue weighted by Gasteiger charge is 2.22. The van der Waals surface area contributed by atoms with Gasteiger partial charge in [-0.2, -0.15) is 0 Å². The summed E-state index contributed by atoms with van der Waals surface area (Å²) in [6.07, 6.45) is 3.11. The molecule has 5 aromatic carbocycles. The van der Waals surface area contributed by atoms with Crippen molar-refractivity contribution in [3.63, 3.8) is 0 Å². The topological polar surface area (TPSA) is 19.4 Å². The second-order valence-corrected chi connectivity index (χ2v) is 28.6. The van der Waals surface area contributed by atoms with Gasteiger partial charge in [-0.25, -0.2) is 22.8 Å². The van der Waals surface area contributed by atoms with Crippen molar-refractivity contribution < 1.29 is 58.5 Å². The Kier molecular flexibility index (Phi) is 16.2. The Hall–Kier alpha value is -8.15. The molecule has 96 heavy (non-hydrogen) atoms. The first-order valence-electron chi connectivity index (χ1n) is 45.7. The van der Waals surface area contributed by atoms with E-state index in [1.807, 2.05) is 249 Å². The Bertz CT molecular complexity index is 5250. The van der Waals surface area contributed by atoms with E-state index in [0.717, 1.165) is 84.1 Å². The summed E-state index contributed by atoms with van der Waals surface area (Å²) in [5, 5.41) is 0. The number of hydrogen-bond acceptors (Lipinski definition) is 0. The molecule has 0 amide bonds. The van der Waals surface area contributed by atoms with Gasteiger partial charge in [-0.3, -0.25) is 0 Å². The fourth-order valence-electron chi connectivity index (χ4n) is 11.2. The Morgan fingerprint density at radius 2 is 0.635 bits per heavy atom. The Morgan fingerprint density at radius 3 is 0.990 bits per heavy atom. The molecule has 10 rings (SSSR count). The van der Waals surface area contributed by atoms with Crippen molar-refractivity contribution in [1.29, 1.82) is 0 Å². The van der Waals surface area contributed by atoms with Gasteiger partial charge in [0.15, 0.2) is 31.0 Å². The van der Waals surface area contributed by atoms with Crippen molar-refractivity contribution in [3.8, 4) is 56.3 Å². The second kappa shape index (κ2) is 33.2. The fourth-order valence-corrected chi connectivity index (χ4v) is 11.2. The van der Waals surface area contributed by atoms with Crippen LogP contribution in [0.3, 0.4) is 0 Å². The number of aryl methyl sites for hydroxylation is 17. The number of benzene rings is 5. The summed E-state index contributed by atoms with van der Waals surface area (Å²) in [6, 6.07) is 42.2. The number of aromatic nitrogens is 5. The molecule has 0 saturated carbocycles. The summed E-state index contributed by atoms with van der Waals surface area (Å²) in [5.74, 6) is -0.122. The molecule has 0 atom stereocenters. The summed E-state index contributed by atoms with van der Waals surface area (Å²) < 4.78 is 212. The zero-order valence-corrected chi connectivity index (χ0v) is 61.1. The molecule has 0 aliphatic carbocycles. The Labute approximate surface area is 620 Å². The van der Waals surface area contributed by atoms with E-state index in [2.05, 4.69) is 0 Å². The van der Waals surface area contributed by atoms with Crippen LogP contribution in [-0.4, -0.2) is 0 Å². The highest BCUT2D eigenvalue weighted by Crippen LogP contribution is 2.30. The molecule has 5 aromatic heterocycles. The molecule has 506 valence electrons. The zero-order chi connectivity index (χ0) is 93.5. The van der Waals surface area contributed by atoms with Gasteiger partial charge in [-0.05, 0) is 229 Å². The van der Waals surface area contributed by atoms with Crippen LogP contribution in [0.15, 0.2) is 177 Å². The van der Waals surface area contributed by atoms with Gasteiger partial charge in [-0.1, -0.05) is 153 Å². The summed E-state index contributed by atoms with van der Waals surface area (Å²) in [6.45, 7) is 19.1. The SMILES string of the molecule is [2H]C([2H])([2H])c1ccc(-c2cc(C([2H])([2H])C(C)(C)C)cc[n+]2C)c(C)c1.[2H]C([2H])([2H])c1ccc(-c2cc(C([2H])([2H])C(C)(C)C)cc[n+]2C)c(C)c1.[2H]C([2H])([2H])c1ccc(-c2cc(C)c(C([2H])([2H])[2H])cc2C)[n+](C)c1.[2H]C([2H])([2H])c1ccc(-c2ccc(C([2H])([2H])C(C)(C)C)c[n+]2C)c(C)c1.[2H]C([2H])([2H])c1ccc(-c2ccc(C([2H])([2H])C(C)C)c[n+]2C)c(C)c1. The molecule has 0 unspecified atom stereocenters. The van der Waals surface area contributed by atoms with Crippen molar-refractivity contribution in [1.82, 2.24) is 0 Å². The monoisotopic (exact) mass is 1310 g/mol. The third-order valence-corrected chi connectivity index (χ3v) is 15.6. The lowest BCUT2D eigenvalue weighted by Gasteiger charge is -2.18. The second-order valence-electron chi connectivity index (χ2n) is 28.6. The van der Waals surface area contributed by atoms with Gasteiger partial charge in [0.1, 0.15) is 35.2 Å². The smallest absolute Gasteiger partial charge is 0.201 e. The van der Waals surface area contributed by atoms with Gasteiger partial charge < -0.3 is 0 Å². The minimum atomic E-state index is -2.15. The summed E-state index contributed by atoms with van der Waals surface area (Å²) in [4.78, 5) is 0. The van der Waals surface area contributed by atoms with Crippen LogP contribution in [0.1, 0.15) is 201 Å². The molecule has 0 aliphatic heterocycles. The molecule has 10 aromatic rings. The van der Waals surface area contributed by atoms with E-state index in [1.165, 1.54) is 0 Å². The van der Waals surface area contributed by atoms with Crippen LogP contribution in [0.2, 0.25) is 0 Å². The predicted molar refractivity (Wildman–Crippen MR) is 410 cm³/mol. The van der Waals surface area contributed by atoms with Crippen LogP contribution in [-0.2, 0) is 60.7 Å². The first kappa shape index (κ1) is 46.9. The highest BCUT2D eigenvalue weighted by atomic mass is 14.9. The standard InChI is InChI=1S/3C19H26N.C18H24N.C16H20N/c1-14-7-9-17(15(2)11-14)18-10-8-16(13-20(18)6)12-19(3,4)5;2*1-14-7-8-17(15(2)11-14)18-12-16(9-10-20(18)6)13-19(3,4)5;1-13(2)10-16-7-9-18(19(5)12-16)17-8-6-14(3)11-15(17)4;1-11-6-7-16(17(5)10-11)15-9-13(3)12(2)8-14(15)4/h7-11,13H,12H2,1-6H3;2*7-12H,13H2,1-6H3;6-9,11-13H,10H2,1-5H3;6-10H,1-5H3/q5*+1/i1D3,12D2;2*1D3,13D2;3D3,10D2;1D3,2D3. The molecule has 5 heterocycles. The molecule has 5 nitrogen and oxygen atoms in total. The largest absolute Gasteiger partial charge is 0.212 e. The first-order valence-corrected chi connectivity index (χ1v) is 32.7. The molecule has 0 aliphatic rings. The van der Waals surface area contributed by atoms with E-state index in [9.17, 15) is 0 Å². The Morgan fingerprint density at radius 1 is 0.302 bits per heavy atom. The lowest BCUT2D eigenvalue weighted by atomic mass is 9.88. The minimum absolute atomic E-state index is 0.122. The molecule has 0 radical (unpaired) electrons. The fraction of sp³-hybridized carbons (Fsp3) is 0.396. The van der Waals surface area contributed by atoms with Crippen LogP contribution in [0.4, 0.5) is 0 Å². The molecule has 5 heteroatoms. The van der Waals surface area contributed by atoms with Gasteiger partial charge in [0.25, 0.3) is 0 Å². The Balaban J connectivity index is 0.000000236. The van der Waals surface area contributed by atoms with Crippen molar-refractivity contribution in [2.75, 3.05) is 0 Å². The third-order valence-electron chi connectivity index (χ3n) is 15.6. The average molecular weight is 1310 g/mol. The number of pyridine rings is 5. The van der Waals surface area contributed by atoms with E-state index in [0.29, 0.717) is 55.6 Å². The lowest BCUT2D eigenvalue weighted by molar-refractivity contribution is -0.661. The zero-order valence-electron chi connectivity index (χ0n) is 87.1. The lowest BCUT2D eigenvalue weighted by Crippen LogP contribution is -2.32. The third kappa shape index (κ3) is 23.0. The number of nitrogens with zero attached hydrogens (tertiary/aromatic N) is 5. The molecule has 0 spiro atoms. The molecular formula is C91H122N5+5. The van der Waals surface area contributed by atoms with E-state index < -0.39 is 82.8 Å². The minimum Gasteiger partial charge on any atom is -0.201 e. The number of rotatable bonds is 10. The van der Waals surface area contributed by atoms with Crippen molar-refractivity contribution in [3.05, 3.63) is 266 Å². The molecule has 0 fully saturated rings. The van der Waals surface area contributed by atoms with Crippen LogP contribution in [0.5, 0.6) is 0 Å². The maximum atomic E-state index is 8.50. The van der Waals surface area contributed by atoms with Gasteiger partial charge in [0, 0.05) is 123 Å². The highest BCUT2D eigenvalue weighted by molar-refractivity contribution is 5.66. The normalized spacial score (nSPS) is 16.8. The summed E-state index contributed by atoms with van der Waals surface area (Å²) >= 11 is 0. The average Bonchev–Trinajstić information content (AvgIpc) is 0.782. The molecule has 0 N–H and O–H groups in total. The van der Waals surface area contributed by atoms with Crippen LogP contribution in [0, 0.1) is 105 Å². The van der Waals surface area contributed by atoms with E-state index >= 15 is 0 Å². The predicted octanol–water partition coefficient (Wildman–Crippen LogP) is 20.6. The van der Waals surface area contributed by atoms with E-state index in [4.69, 9.17) is 35.6 Å². The van der Waals surface area contributed by atoms with Crippen LogP contribution >= 0.6 is 0 Å². The quantitative estimate of drug-likeness (QED) is 0.122. The number of hydrogen-bond donors (Lipinski definition) is 0. The van der Waals surface area contributed by atoms with Crippen LogP contribution in [0.25, 0.3) is 56.3 Å². The van der Waals surface area contributed by atoms with Gasteiger partial charge in [0.05, 0.1) is 0 Å². The molecule has 0 bridgehead atoms. The van der Waals surface area contributed by atoms with Crippen molar-refractivity contribution >= 4 is 0 Å². The maximum absolute atomic E-state index is 8.50. The first-order chi connectivity index (χ1) is 55.1. The molecular weight excluding hydrogens is 1160 g/mol. The van der Waals surface area contributed by atoms with Crippen molar-refractivity contribution in [2.45, 2.75) is 184 Å². The van der Waals surface area contributed by atoms with Crippen LogP contribution < -0.4 is 22.8 Å². The van der Waals surface area contributed by atoms with Gasteiger partial charge in [-0.15, -0.1) is 0 Å². The molecule has 0 saturated heterocycles. The summed E-state index contributed by atoms with van der Waals surface area (Å²) in [5.41, 5.74) is 16.9. The maximum Gasteiger partial charge on any atom is 0.212 e. The van der Waals surface area contributed by atoms with E-state index in [1.54, 1.807) is 104 Å². The summed E-state index contributed by atoms with van der Waals surface area (Å²) in [7, 11) is 9.36. The van der Waals surface area contributed by atoms with Gasteiger partial charge >= 0.3 is 0 Å². The van der Waals surface area contributed by atoms with Gasteiger partial charge in [0.2, 0.25) is 28.5 Å².